The molecule has 3 rings (SSSR count). The predicted molar refractivity (Wildman–Crippen MR) is 79.7 cm³/mol. The van der Waals surface area contributed by atoms with E-state index in [4.69, 9.17) is 9.84 Å². The fourth-order valence-electron chi connectivity index (χ4n) is 1.91. The smallest absolute Gasteiger partial charge is 0.327 e. The maximum atomic E-state index is 11.0. The van der Waals surface area contributed by atoms with Crippen LogP contribution in [0.25, 0.3) is 0 Å². The molecule has 0 radical (unpaired) electrons. The number of nitrogens with one attached hydrogen (secondary N) is 3. The summed E-state index contributed by atoms with van der Waals surface area (Å²) in [6.07, 6.45) is 0.867. The fraction of sp³-hybridized carbons (Fsp3) is 0.133. The van der Waals surface area contributed by atoms with Crippen LogP contribution in [0.4, 0.5) is 0 Å². The molecule has 1 aliphatic heterocycles. The number of aromatic nitrogens is 2. The first kappa shape index (κ1) is 14.9. The largest absolute Gasteiger partial charge is 0.480 e. The highest BCUT2D eigenvalue weighted by Gasteiger charge is 2.34. The van der Waals surface area contributed by atoms with E-state index in [1.54, 1.807) is 42.6 Å². The Morgan fingerprint density at radius 3 is 2.70 bits per heavy atom. The van der Waals surface area contributed by atoms with Gasteiger partial charge in [-0.05, 0) is 42.3 Å². The van der Waals surface area contributed by atoms with Crippen molar-refractivity contribution in [2.45, 2.75) is 12.3 Å². The molecule has 8 heteroatoms. The summed E-state index contributed by atoms with van der Waals surface area (Å²) in [6.45, 7) is 0. The number of rotatable bonds is 3. The van der Waals surface area contributed by atoms with Crippen LogP contribution in [-0.4, -0.2) is 33.5 Å². The molecule has 116 valence electrons. The van der Waals surface area contributed by atoms with Crippen LogP contribution < -0.4 is 21.1 Å². The average molecular weight is 311 g/mol. The van der Waals surface area contributed by atoms with Crippen LogP contribution in [0.3, 0.4) is 0 Å². The highest BCUT2D eigenvalue weighted by molar-refractivity contribution is 5.74. The predicted octanol–water partition coefficient (Wildman–Crippen LogP) is -0.353. The van der Waals surface area contributed by atoms with E-state index in [1.165, 1.54) is 0 Å². The molecule has 0 amide bonds. The summed E-state index contributed by atoms with van der Waals surface area (Å²) in [7, 11) is 0. The lowest BCUT2D eigenvalue weighted by atomic mass is 10.2. The van der Waals surface area contributed by atoms with E-state index in [0.717, 1.165) is 5.56 Å². The molecule has 2 atom stereocenters. The summed E-state index contributed by atoms with van der Waals surface area (Å²) in [5.41, 5.74) is 9.15. The molecular formula is C15H13N5O3. The van der Waals surface area contributed by atoms with Crippen molar-refractivity contribution in [3.05, 3.63) is 53.9 Å². The zero-order chi connectivity index (χ0) is 16.1. The Hall–Kier alpha value is -2.99. The van der Waals surface area contributed by atoms with Gasteiger partial charge in [0, 0.05) is 11.8 Å². The summed E-state index contributed by atoms with van der Waals surface area (Å²) in [4.78, 5) is 11.0. The SMILES string of the molecule is O=C(O)C1NNNC1Oc1ccc(C#Cc2cccnn2)cc1. The van der Waals surface area contributed by atoms with Gasteiger partial charge in [-0.15, -0.1) is 5.10 Å². The van der Waals surface area contributed by atoms with Gasteiger partial charge in [0.15, 0.2) is 12.3 Å². The first-order valence-electron chi connectivity index (χ1n) is 6.78. The van der Waals surface area contributed by atoms with Crippen molar-refractivity contribution < 1.29 is 14.6 Å². The third kappa shape index (κ3) is 3.81. The van der Waals surface area contributed by atoms with Gasteiger partial charge in [-0.1, -0.05) is 5.92 Å². The number of hydrogen-bond donors (Lipinski definition) is 4. The Labute approximate surface area is 131 Å². The normalized spacial score (nSPS) is 19.7. The van der Waals surface area contributed by atoms with Gasteiger partial charge in [0.25, 0.3) is 0 Å². The molecule has 1 fully saturated rings. The summed E-state index contributed by atoms with van der Waals surface area (Å²) >= 11 is 0. The van der Waals surface area contributed by atoms with E-state index in [-0.39, 0.29) is 0 Å². The van der Waals surface area contributed by atoms with Crippen LogP contribution >= 0.6 is 0 Å². The van der Waals surface area contributed by atoms with Crippen LogP contribution in [0.2, 0.25) is 0 Å². The molecule has 1 saturated heterocycles. The second-order valence-electron chi connectivity index (χ2n) is 4.65. The van der Waals surface area contributed by atoms with Crippen molar-refractivity contribution in [2.75, 3.05) is 0 Å². The molecule has 23 heavy (non-hydrogen) atoms. The molecule has 2 unspecified atom stereocenters. The molecule has 2 aromatic rings. The number of carboxylic acid groups (broad SMARTS) is 1. The Morgan fingerprint density at radius 1 is 1.17 bits per heavy atom. The maximum Gasteiger partial charge on any atom is 0.327 e. The maximum absolute atomic E-state index is 11.0. The van der Waals surface area contributed by atoms with Crippen LogP contribution in [0.1, 0.15) is 11.3 Å². The van der Waals surface area contributed by atoms with Gasteiger partial charge < -0.3 is 9.84 Å². The third-order valence-electron chi connectivity index (χ3n) is 3.04. The number of hydrazine groups is 2. The van der Waals surface area contributed by atoms with Gasteiger partial charge in [0.2, 0.25) is 0 Å². The number of ether oxygens (including phenoxy) is 1. The number of carboxylic acids is 1. The van der Waals surface area contributed by atoms with Gasteiger partial charge in [-0.25, -0.2) is 10.9 Å². The van der Waals surface area contributed by atoms with Gasteiger partial charge in [-0.3, -0.25) is 4.79 Å². The minimum atomic E-state index is -1.01. The monoisotopic (exact) mass is 311 g/mol. The van der Waals surface area contributed by atoms with Crippen LogP contribution in [0.15, 0.2) is 42.6 Å². The van der Waals surface area contributed by atoms with Crippen molar-refractivity contribution in [2.24, 2.45) is 0 Å². The number of benzene rings is 1. The Balaban J connectivity index is 1.66. The third-order valence-corrected chi connectivity index (χ3v) is 3.04. The molecule has 0 bridgehead atoms. The molecule has 1 aromatic heterocycles. The van der Waals surface area contributed by atoms with Crippen molar-refractivity contribution in [1.29, 1.82) is 0 Å². The number of hydrogen-bond acceptors (Lipinski definition) is 7. The zero-order valence-corrected chi connectivity index (χ0v) is 11.9. The van der Waals surface area contributed by atoms with Crippen LogP contribution in [0, 0.1) is 11.8 Å². The minimum absolute atomic E-state index is 0.532. The molecule has 8 nitrogen and oxygen atoms in total. The van der Waals surface area contributed by atoms with Gasteiger partial charge in [0.1, 0.15) is 11.4 Å². The summed E-state index contributed by atoms with van der Waals surface area (Å²) < 4.78 is 5.58. The minimum Gasteiger partial charge on any atom is -0.480 e. The lowest BCUT2D eigenvalue weighted by molar-refractivity contribution is -0.141. The standard InChI is InChI=1S/C15H13N5O3/c21-15(22)13-14(19-20-18-13)23-12-7-4-10(5-8-12)3-6-11-2-1-9-16-17-11/h1-2,4-5,7-9,13-14,18-20H,(H,21,22). The molecular weight excluding hydrogens is 298 g/mol. The number of aliphatic carboxylic acids is 1. The summed E-state index contributed by atoms with van der Waals surface area (Å²) in [5, 5.41) is 16.7. The second-order valence-corrected chi connectivity index (χ2v) is 4.65. The Morgan fingerprint density at radius 2 is 2.00 bits per heavy atom. The van der Waals surface area contributed by atoms with Crippen molar-refractivity contribution in [3.63, 3.8) is 0 Å². The van der Waals surface area contributed by atoms with Gasteiger partial charge >= 0.3 is 5.97 Å². The second kappa shape index (κ2) is 6.85. The molecule has 2 heterocycles. The molecule has 4 N–H and O–H groups in total. The molecule has 0 aliphatic carbocycles. The van der Waals surface area contributed by atoms with E-state index < -0.39 is 18.2 Å². The lowest BCUT2D eigenvalue weighted by Gasteiger charge is -2.16. The molecule has 0 spiro atoms. The Kier molecular flexibility index (Phi) is 4.44. The topological polar surface area (TPSA) is 108 Å². The highest BCUT2D eigenvalue weighted by atomic mass is 16.5. The van der Waals surface area contributed by atoms with E-state index in [1.807, 2.05) is 0 Å². The van der Waals surface area contributed by atoms with Crippen molar-refractivity contribution in [1.82, 2.24) is 26.6 Å². The Bertz CT molecular complexity index is 739. The average Bonchev–Trinajstić information content (AvgIpc) is 3.04. The quantitative estimate of drug-likeness (QED) is 0.570. The van der Waals surface area contributed by atoms with Crippen molar-refractivity contribution >= 4 is 5.97 Å². The lowest BCUT2D eigenvalue weighted by Crippen LogP contribution is -2.44. The fourth-order valence-corrected chi connectivity index (χ4v) is 1.91. The van der Waals surface area contributed by atoms with Crippen LogP contribution in [-0.2, 0) is 4.79 Å². The number of nitrogens with zero attached hydrogens (tertiary/aromatic N) is 2. The van der Waals surface area contributed by atoms with E-state index in [9.17, 15) is 4.79 Å². The zero-order valence-electron chi connectivity index (χ0n) is 11.9. The highest BCUT2D eigenvalue weighted by Crippen LogP contribution is 2.14. The molecule has 1 aromatic carbocycles. The summed E-state index contributed by atoms with van der Waals surface area (Å²) in [5.74, 6) is 5.38. The van der Waals surface area contributed by atoms with E-state index in [0.29, 0.717) is 11.4 Å². The van der Waals surface area contributed by atoms with Gasteiger partial charge in [0.05, 0.1) is 0 Å². The van der Waals surface area contributed by atoms with Crippen LogP contribution in [0.5, 0.6) is 5.75 Å². The number of carbonyl (C=O) groups is 1. The first-order valence-corrected chi connectivity index (χ1v) is 6.78. The molecule has 1 aliphatic rings. The van der Waals surface area contributed by atoms with E-state index >= 15 is 0 Å². The van der Waals surface area contributed by atoms with Gasteiger partial charge in [-0.2, -0.15) is 10.6 Å². The van der Waals surface area contributed by atoms with E-state index in [2.05, 4.69) is 38.4 Å². The summed E-state index contributed by atoms with van der Waals surface area (Å²) in [6, 6.07) is 9.66. The first-order chi connectivity index (χ1) is 11.2. The molecule has 0 saturated carbocycles. The van der Waals surface area contributed by atoms with Crippen molar-refractivity contribution in [3.8, 4) is 17.6 Å².